The third-order valence-corrected chi connectivity index (χ3v) is 3.05. The molecule has 1 aliphatic heterocycles. The number of nitrogens with zero attached hydrogens (tertiary/aromatic N) is 1. The molecule has 20 heavy (non-hydrogen) atoms. The standard InChI is InChI=1S/C12H19N3O5/c1-8(2-3-11(18)19)4-5-13-9(16)7-15-10(17)6-14-12(15)20/h8H,2-7H2,1H3,(H,13,16)(H,14,20)(H,18,19). The van der Waals surface area contributed by atoms with E-state index in [-0.39, 0.29) is 25.4 Å². The first kappa shape index (κ1) is 15.9. The summed E-state index contributed by atoms with van der Waals surface area (Å²) in [5, 5.41) is 13.5. The number of hydrogen-bond donors (Lipinski definition) is 3. The number of carboxylic acids is 1. The van der Waals surface area contributed by atoms with Gasteiger partial charge in [0.15, 0.2) is 0 Å². The van der Waals surface area contributed by atoms with Gasteiger partial charge < -0.3 is 15.7 Å². The predicted octanol–water partition coefficient (Wildman–Crippen LogP) is -0.455. The number of rotatable bonds is 8. The molecule has 112 valence electrons. The maximum Gasteiger partial charge on any atom is 0.325 e. The van der Waals surface area contributed by atoms with Crippen LogP contribution in [-0.2, 0) is 14.4 Å². The number of carbonyl (C=O) groups excluding carboxylic acids is 3. The number of carboxylic acid groups (broad SMARTS) is 1. The molecule has 1 saturated heterocycles. The van der Waals surface area contributed by atoms with Crippen molar-refractivity contribution in [2.75, 3.05) is 19.6 Å². The van der Waals surface area contributed by atoms with E-state index in [2.05, 4.69) is 10.6 Å². The van der Waals surface area contributed by atoms with Crippen LogP contribution in [0.15, 0.2) is 0 Å². The Kier molecular flexibility index (Phi) is 5.95. The Morgan fingerprint density at radius 3 is 2.65 bits per heavy atom. The van der Waals surface area contributed by atoms with Gasteiger partial charge in [-0.3, -0.25) is 19.3 Å². The minimum Gasteiger partial charge on any atom is -0.481 e. The lowest BCUT2D eigenvalue weighted by Crippen LogP contribution is -2.41. The molecule has 0 saturated carbocycles. The Morgan fingerprint density at radius 1 is 1.40 bits per heavy atom. The molecule has 1 atom stereocenters. The van der Waals surface area contributed by atoms with E-state index in [1.807, 2.05) is 6.92 Å². The Balaban J connectivity index is 2.18. The molecule has 0 aromatic carbocycles. The minimum atomic E-state index is -0.834. The molecule has 8 nitrogen and oxygen atoms in total. The number of urea groups is 1. The molecule has 1 aliphatic rings. The van der Waals surface area contributed by atoms with E-state index >= 15 is 0 Å². The van der Waals surface area contributed by atoms with Gasteiger partial charge >= 0.3 is 12.0 Å². The van der Waals surface area contributed by atoms with Gasteiger partial charge in [-0.2, -0.15) is 0 Å². The van der Waals surface area contributed by atoms with E-state index in [0.29, 0.717) is 19.4 Å². The van der Waals surface area contributed by atoms with Gasteiger partial charge in [0, 0.05) is 13.0 Å². The van der Waals surface area contributed by atoms with Crippen LogP contribution in [0.5, 0.6) is 0 Å². The SMILES string of the molecule is CC(CCNC(=O)CN1C(=O)CNC1=O)CCC(=O)O. The van der Waals surface area contributed by atoms with Crippen molar-refractivity contribution in [1.29, 1.82) is 0 Å². The van der Waals surface area contributed by atoms with Crippen LogP contribution >= 0.6 is 0 Å². The third kappa shape index (κ3) is 5.25. The lowest BCUT2D eigenvalue weighted by molar-refractivity contribution is -0.137. The van der Waals surface area contributed by atoms with Gasteiger partial charge in [-0.1, -0.05) is 6.92 Å². The Hall–Kier alpha value is -2.12. The highest BCUT2D eigenvalue weighted by Crippen LogP contribution is 2.09. The van der Waals surface area contributed by atoms with Crippen LogP contribution in [0.3, 0.4) is 0 Å². The molecule has 0 radical (unpaired) electrons. The zero-order chi connectivity index (χ0) is 15.1. The number of aliphatic carboxylic acids is 1. The molecular weight excluding hydrogens is 266 g/mol. The summed E-state index contributed by atoms with van der Waals surface area (Å²) in [7, 11) is 0. The van der Waals surface area contributed by atoms with Gasteiger partial charge in [0.2, 0.25) is 5.91 Å². The second kappa shape index (κ2) is 7.46. The van der Waals surface area contributed by atoms with Gasteiger partial charge in [0.1, 0.15) is 6.54 Å². The Bertz CT molecular complexity index is 394. The third-order valence-electron chi connectivity index (χ3n) is 3.05. The van der Waals surface area contributed by atoms with E-state index in [4.69, 9.17) is 5.11 Å². The highest BCUT2D eigenvalue weighted by Gasteiger charge is 2.29. The highest BCUT2D eigenvalue weighted by molar-refractivity contribution is 6.04. The molecule has 4 amide bonds. The van der Waals surface area contributed by atoms with Crippen LogP contribution in [-0.4, -0.2) is 53.5 Å². The summed E-state index contributed by atoms with van der Waals surface area (Å²) in [5.41, 5.74) is 0. The largest absolute Gasteiger partial charge is 0.481 e. The lowest BCUT2D eigenvalue weighted by Gasteiger charge is -2.14. The average molecular weight is 285 g/mol. The summed E-state index contributed by atoms with van der Waals surface area (Å²) in [6.07, 6.45) is 1.31. The van der Waals surface area contributed by atoms with Crippen LogP contribution in [0, 0.1) is 5.92 Å². The van der Waals surface area contributed by atoms with E-state index in [1.54, 1.807) is 0 Å². The first-order valence-electron chi connectivity index (χ1n) is 6.47. The normalized spacial score (nSPS) is 15.9. The van der Waals surface area contributed by atoms with Crippen LogP contribution in [0.25, 0.3) is 0 Å². The molecule has 0 bridgehead atoms. The number of imide groups is 1. The fourth-order valence-electron chi connectivity index (χ4n) is 1.79. The summed E-state index contributed by atoms with van der Waals surface area (Å²) in [4.78, 5) is 45.3. The van der Waals surface area contributed by atoms with Crippen LogP contribution in [0.2, 0.25) is 0 Å². The van der Waals surface area contributed by atoms with Gasteiger partial charge in [0.05, 0.1) is 6.54 Å². The van der Waals surface area contributed by atoms with E-state index in [9.17, 15) is 19.2 Å². The lowest BCUT2D eigenvalue weighted by atomic mass is 10.0. The maximum atomic E-state index is 11.6. The van der Waals surface area contributed by atoms with Gasteiger partial charge in [-0.15, -0.1) is 0 Å². The first-order valence-corrected chi connectivity index (χ1v) is 6.47. The van der Waals surface area contributed by atoms with Gasteiger partial charge in [-0.05, 0) is 18.8 Å². The molecule has 1 fully saturated rings. The molecule has 0 aromatic rings. The van der Waals surface area contributed by atoms with Crippen molar-refractivity contribution in [3.8, 4) is 0 Å². The molecular formula is C12H19N3O5. The second-order valence-electron chi connectivity index (χ2n) is 4.81. The van der Waals surface area contributed by atoms with Gasteiger partial charge in [0.25, 0.3) is 5.91 Å². The van der Waals surface area contributed by atoms with E-state index in [0.717, 1.165) is 4.90 Å². The fraction of sp³-hybridized carbons (Fsp3) is 0.667. The average Bonchev–Trinajstić information content (AvgIpc) is 2.68. The predicted molar refractivity (Wildman–Crippen MR) is 68.8 cm³/mol. The topological polar surface area (TPSA) is 116 Å². The molecule has 1 heterocycles. The number of hydrogen-bond acceptors (Lipinski definition) is 4. The van der Waals surface area contributed by atoms with Crippen molar-refractivity contribution in [3.63, 3.8) is 0 Å². The Labute approximate surface area is 116 Å². The zero-order valence-electron chi connectivity index (χ0n) is 11.3. The fourth-order valence-corrected chi connectivity index (χ4v) is 1.79. The van der Waals surface area contributed by atoms with E-state index < -0.39 is 23.8 Å². The summed E-state index contributed by atoms with van der Waals surface area (Å²) >= 11 is 0. The summed E-state index contributed by atoms with van der Waals surface area (Å²) in [5.74, 6) is -1.47. The Morgan fingerprint density at radius 2 is 2.10 bits per heavy atom. The van der Waals surface area contributed by atoms with Crippen molar-refractivity contribution >= 4 is 23.8 Å². The molecule has 3 N–H and O–H groups in total. The summed E-state index contributed by atoms with van der Waals surface area (Å²) in [6.45, 7) is 1.95. The van der Waals surface area contributed by atoms with Crippen molar-refractivity contribution in [3.05, 3.63) is 0 Å². The highest BCUT2D eigenvalue weighted by atomic mass is 16.4. The maximum absolute atomic E-state index is 11.6. The molecule has 1 unspecified atom stereocenters. The van der Waals surface area contributed by atoms with Crippen molar-refractivity contribution in [2.45, 2.75) is 26.2 Å². The van der Waals surface area contributed by atoms with Crippen molar-refractivity contribution in [1.82, 2.24) is 15.5 Å². The molecule has 0 spiro atoms. The van der Waals surface area contributed by atoms with Crippen LogP contribution in [0.1, 0.15) is 26.2 Å². The monoisotopic (exact) mass is 285 g/mol. The van der Waals surface area contributed by atoms with Crippen LogP contribution < -0.4 is 10.6 Å². The zero-order valence-corrected chi connectivity index (χ0v) is 11.3. The quantitative estimate of drug-likeness (QED) is 0.522. The van der Waals surface area contributed by atoms with E-state index in [1.165, 1.54) is 0 Å². The molecule has 8 heteroatoms. The molecule has 1 rings (SSSR count). The van der Waals surface area contributed by atoms with Gasteiger partial charge in [-0.25, -0.2) is 4.79 Å². The van der Waals surface area contributed by atoms with Crippen molar-refractivity contribution < 1.29 is 24.3 Å². The second-order valence-corrected chi connectivity index (χ2v) is 4.81. The molecule has 0 aromatic heterocycles. The van der Waals surface area contributed by atoms with Crippen molar-refractivity contribution in [2.24, 2.45) is 5.92 Å². The number of amides is 4. The summed E-state index contributed by atoms with van der Waals surface area (Å²) < 4.78 is 0. The van der Waals surface area contributed by atoms with Crippen LogP contribution in [0.4, 0.5) is 4.79 Å². The minimum absolute atomic E-state index is 0.0711. The first-order chi connectivity index (χ1) is 9.40. The summed E-state index contributed by atoms with van der Waals surface area (Å²) in [6, 6.07) is -0.556. The smallest absolute Gasteiger partial charge is 0.325 e. The number of nitrogens with one attached hydrogen (secondary N) is 2. The number of carbonyl (C=O) groups is 4. The molecule has 0 aliphatic carbocycles.